The first kappa shape index (κ1) is 19.4. The van der Waals surface area contributed by atoms with Crippen molar-refractivity contribution >= 4 is 0 Å². The van der Waals surface area contributed by atoms with E-state index in [0.29, 0.717) is 19.6 Å². The fraction of sp³-hybridized carbons (Fsp3) is 0.789. The fourth-order valence-corrected chi connectivity index (χ4v) is 3.52. The zero-order valence-corrected chi connectivity index (χ0v) is 15.2. The molecule has 1 unspecified atom stereocenters. The van der Waals surface area contributed by atoms with Crippen molar-refractivity contribution in [2.24, 2.45) is 5.41 Å². The number of ether oxygens (including phenoxy) is 2. The molecule has 0 saturated heterocycles. The van der Waals surface area contributed by atoms with Crippen LogP contribution in [0.4, 0.5) is 0 Å². The van der Waals surface area contributed by atoms with Crippen LogP contribution in [-0.4, -0.2) is 30.7 Å². The summed E-state index contributed by atoms with van der Waals surface area (Å²) < 4.78 is 11.2. The van der Waals surface area contributed by atoms with Gasteiger partial charge in [0.2, 0.25) is 0 Å². The number of hydrogen-bond acceptors (Lipinski definition) is 3. The monoisotopic (exact) mass is 310 g/mol. The van der Waals surface area contributed by atoms with Crippen LogP contribution >= 0.6 is 0 Å². The molecule has 0 aromatic carbocycles. The third-order valence-electron chi connectivity index (χ3n) is 4.47. The highest BCUT2D eigenvalue weighted by molar-refractivity contribution is 5.30. The molecular formula is C19H34O3. The van der Waals surface area contributed by atoms with Gasteiger partial charge in [0, 0.05) is 19.6 Å². The molecule has 1 N–H and O–H groups in total. The Bertz CT molecular complexity index is 401. The van der Waals surface area contributed by atoms with Crippen molar-refractivity contribution in [2.45, 2.75) is 79.6 Å². The summed E-state index contributed by atoms with van der Waals surface area (Å²) in [7, 11) is 0. The molecule has 22 heavy (non-hydrogen) atoms. The van der Waals surface area contributed by atoms with Gasteiger partial charge in [0.25, 0.3) is 0 Å². The maximum Gasteiger partial charge on any atom is 0.161 e. The average Bonchev–Trinajstić information content (AvgIpc) is 2.37. The average molecular weight is 310 g/mol. The zero-order chi connectivity index (χ0) is 16.8. The van der Waals surface area contributed by atoms with Crippen LogP contribution in [0.2, 0.25) is 0 Å². The number of rotatable bonds is 8. The quantitative estimate of drug-likeness (QED) is 0.525. The van der Waals surface area contributed by atoms with Crippen LogP contribution in [0.15, 0.2) is 22.8 Å². The Balaban J connectivity index is 2.81. The molecule has 1 atom stereocenters. The van der Waals surface area contributed by atoms with Gasteiger partial charge < -0.3 is 14.6 Å². The van der Waals surface area contributed by atoms with Crippen LogP contribution in [0.1, 0.15) is 67.2 Å². The molecule has 0 aromatic rings. The van der Waals surface area contributed by atoms with E-state index >= 15 is 0 Å². The van der Waals surface area contributed by atoms with E-state index in [0.717, 1.165) is 18.4 Å². The lowest BCUT2D eigenvalue weighted by atomic mass is 9.70. The Morgan fingerprint density at radius 2 is 1.86 bits per heavy atom. The lowest BCUT2D eigenvalue weighted by Gasteiger charge is -2.36. The van der Waals surface area contributed by atoms with Gasteiger partial charge in [-0.25, -0.2) is 0 Å². The van der Waals surface area contributed by atoms with Gasteiger partial charge in [-0.1, -0.05) is 31.1 Å². The van der Waals surface area contributed by atoms with Crippen molar-refractivity contribution in [3.63, 3.8) is 0 Å². The van der Waals surface area contributed by atoms with E-state index in [9.17, 15) is 5.11 Å². The highest BCUT2D eigenvalue weighted by Crippen LogP contribution is 2.42. The molecule has 0 spiro atoms. The van der Waals surface area contributed by atoms with Crippen molar-refractivity contribution in [3.8, 4) is 0 Å². The van der Waals surface area contributed by atoms with Crippen molar-refractivity contribution in [1.82, 2.24) is 0 Å². The second-order valence-electron chi connectivity index (χ2n) is 6.93. The third kappa shape index (κ3) is 5.53. The second kappa shape index (κ2) is 8.85. The maximum atomic E-state index is 10.7. The van der Waals surface area contributed by atoms with Crippen LogP contribution in [0.5, 0.6) is 0 Å². The highest BCUT2D eigenvalue weighted by atomic mass is 16.7. The van der Waals surface area contributed by atoms with Gasteiger partial charge in [-0.2, -0.15) is 0 Å². The minimum Gasteiger partial charge on any atom is -0.385 e. The standard InChI is InChI=1S/C19H34O3/c1-7-21-17(22-8-2)13-14(3)12-16(20)18-15(4)10-9-11-19(18,5)6/h12,16-17,20H,7-11,13H2,1-6H3/b14-12+. The molecule has 1 rings (SSSR count). The number of allylic oxidation sites excluding steroid dienone is 1. The number of aliphatic hydroxyl groups is 1. The molecule has 1 aliphatic rings. The van der Waals surface area contributed by atoms with Gasteiger partial charge in [0.15, 0.2) is 6.29 Å². The summed E-state index contributed by atoms with van der Waals surface area (Å²) in [5.74, 6) is 0. The molecule has 0 bridgehead atoms. The van der Waals surface area contributed by atoms with Gasteiger partial charge in [-0.15, -0.1) is 0 Å². The van der Waals surface area contributed by atoms with Crippen LogP contribution in [0.3, 0.4) is 0 Å². The van der Waals surface area contributed by atoms with E-state index < -0.39 is 6.10 Å². The first-order chi connectivity index (χ1) is 10.3. The highest BCUT2D eigenvalue weighted by Gasteiger charge is 2.32. The molecular weight excluding hydrogens is 276 g/mol. The summed E-state index contributed by atoms with van der Waals surface area (Å²) in [4.78, 5) is 0. The summed E-state index contributed by atoms with van der Waals surface area (Å²) in [5.41, 5.74) is 3.74. The predicted molar refractivity (Wildman–Crippen MR) is 91.8 cm³/mol. The second-order valence-corrected chi connectivity index (χ2v) is 6.93. The van der Waals surface area contributed by atoms with Gasteiger partial charge in [-0.3, -0.25) is 0 Å². The van der Waals surface area contributed by atoms with Crippen molar-refractivity contribution in [1.29, 1.82) is 0 Å². The topological polar surface area (TPSA) is 38.7 Å². The molecule has 0 fully saturated rings. The van der Waals surface area contributed by atoms with Gasteiger partial charge in [0.1, 0.15) is 0 Å². The minimum absolute atomic E-state index is 0.0811. The van der Waals surface area contributed by atoms with E-state index in [1.807, 2.05) is 26.8 Å². The lowest BCUT2D eigenvalue weighted by Crippen LogP contribution is -2.28. The molecule has 0 aliphatic heterocycles. The molecule has 0 heterocycles. The Morgan fingerprint density at radius 3 is 2.36 bits per heavy atom. The van der Waals surface area contributed by atoms with E-state index in [1.165, 1.54) is 17.6 Å². The van der Waals surface area contributed by atoms with Crippen molar-refractivity contribution < 1.29 is 14.6 Å². The molecule has 3 nitrogen and oxygen atoms in total. The Morgan fingerprint density at radius 1 is 1.27 bits per heavy atom. The molecule has 0 amide bonds. The molecule has 1 aliphatic carbocycles. The van der Waals surface area contributed by atoms with Crippen LogP contribution in [0.25, 0.3) is 0 Å². The van der Waals surface area contributed by atoms with Gasteiger partial charge >= 0.3 is 0 Å². The molecule has 3 heteroatoms. The third-order valence-corrected chi connectivity index (χ3v) is 4.47. The number of hydrogen-bond donors (Lipinski definition) is 1. The minimum atomic E-state index is -0.501. The largest absolute Gasteiger partial charge is 0.385 e. The smallest absolute Gasteiger partial charge is 0.161 e. The summed E-state index contributed by atoms with van der Waals surface area (Å²) in [5, 5.41) is 10.7. The first-order valence-corrected chi connectivity index (χ1v) is 8.60. The first-order valence-electron chi connectivity index (χ1n) is 8.60. The SMILES string of the molecule is CCOC(C/C(C)=C/C(O)C1=C(C)CCCC1(C)C)OCC. The van der Waals surface area contributed by atoms with Crippen LogP contribution in [-0.2, 0) is 9.47 Å². The van der Waals surface area contributed by atoms with E-state index in [4.69, 9.17) is 9.47 Å². The van der Waals surface area contributed by atoms with Crippen molar-refractivity contribution in [3.05, 3.63) is 22.8 Å². The molecule has 0 aromatic heterocycles. The fourth-order valence-electron chi connectivity index (χ4n) is 3.52. The predicted octanol–water partition coefficient (Wildman–Crippen LogP) is 4.61. The van der Waals surface area contributed by atoms with Crippen LogP contribution in [0, 0.1) is 5.41 Å². The van der Waals surface area contributed by atoms with Crippen molar-refractivity contribution in [2.75, 3.05) is 13.2 Å². The summed E-state index contributed by atoms with van der Waals surface area (Å²) in [6.07, 6.45) is 5.41. The summed E-state index contributed by atoms with van der Waals surface area (Å²) >= 11 is 0. The van der Waals surface area contributed by atoms with E-state index in [1.54, 1.807) is 0 Å². The zero-order valence-electron chi connectivity index (χ0n) is 15.2. The van der Waals surface area contributed by atoms with Crippen LogP contribution < -0.4 is 0 Å². The Hall–Kier alpha value is -0.640. The Labute approximate surface area is 136 Å². The molecule has 0 saturated carbocycles. The Kier molecular flexibility index (Phi) is 7.81. The molecule has 0 radical (unpaired) electrons. The summed E-state index contributed by atoms with van der Waals surface area (Å²) in [6, 6.07) is 0. The lowest BCUT2D eigenvalue weighted by molar-refractivity contribution is -0.134. The number of aliphatic hydroxyl groups excluding tert-OH is 1. The van der Waals surface area contributed by atoms with E-state index in [-0.39, 0.29) is 11.7 Å². The van der Waals surface area contributed by atoms with Gasteiger partial charge in [-0.05, 0) is 57.9 Å². The van der Waals surface area contributed by atoms with Gasteiger partial charge in [0.05, 0.1) is 6.10 Å². The summed E-state index contributed by atoms with van der Waals surface area (Å²) in [6.45, 7) is 13.9. The maximum absolute atomic E-state index is 10.7. The normalized spacial score (nSPS) is 20.6. The van der Waals surface area contributed by atoms with E-state index in [2.05, 4.69) is 20.8 Å². The molecule has 128 valence electrons.